The second kappa shape index (κ2) is 7.81. The van der Waals surface area contributed by atoms with Gasteiger partial charge in [-0.3, -0.25) is 5.41 Å². The second-order valence-electron chi connectivity index (χ2n) is 6.20. The quantitative estimate of drug-likeness (QED) is 0.624. The van der Waals surface area contributed by atoms with Crippen LogP contribution in [0, 0.1) is 12.3 Å². The number of nitrogens with zero attached hydrogens (tertiary/aromatic N) is 2. The number of halogens is 1. The predicted molar refractivity (Wildman–Crippen MR) is 104 cm³/mol. The van der Waals surface area contributed by atoms with Crippen molar-refractivity contribution in [3.05, 3.63) is 71.3 Å². The minimum atomic E-state index is -0.747. The van der Waals surface area contributed by atoms with Gasteiger partial charge in [-0.15, -0.1) is 6.58 Å². The van der Waals surface area contributed by atoms with E-state index in [1.165, 1.54) is 0 Å². The summed E-state index contributed by atoms with van der Waals surface area (Å²) < 4.78 is 9.33. The highest BCUT2D eigenvalue weighted by atomic mass is 35.5. The molecule has 3 aromatic rings. The fourth-order valence-electron chi connectivity index (χ4n) is 2.96. The SMILES string of the molecule is C=CCn1c(=N)n(C[C@H](O)COc2ccc(Cl)c(C)c2)c2ccccc21. The van der Waals surface area contributed by atoms with Gasteiger partial charge in [0.2, 0.25) is 5.62 Å². The third kappa shape index (κ3) is 3.69. The number of hydrogen-bond acceptors (Lipinski definition) is 3. The highest BCUT2D eigenvalue weighted by Crippen LogP contribution is 2.21. The molecular weight excluding hydrogens is 350 g/mol. The fraction of sp³-hybridized carbons (Fsp3) is 0.250. The zero-order chi connectivity index (χ0) is 18.7. The van der Waals surface area contributed by atoms with Crippen molar-refractivity contribution in [1.82, 2.24) is 9.13 Å². The molecule has 0 fully saturated rings. The van der Waals surface area contributed by atoms with Crippen molar-refractivity contribution in [2.75, 3.05) is 6.61 Å². The zero-order valence-corrected chi connectivity index (χ0v) is 15.4. The number of aliphatic hydroxyl groups excluding tert-OH is 1. The van der Waals surface area contributed by atoms with Crippen LogP contribution in [-0.2, 0) is 13.1 Å². The largest absolute Gasteiger partial charge is 0.491 e. The van der Waals surface area contributed by atoms with Gasteiger partial charge < -0.3 is 19.0 Å². The van der Waals surface area contributed by atoms with E-state index in [1.54, 1.807) is 22.8 Å². The Balaban J connectivity index is 1.77. The number of rotatable bonds is 7. The Morgan fingerprint density at radius 1 is 1.23 bits per heavy atom. The minimum Gasteiger partial charge on any atom is -0.491 e. The van der Waals surface area contributed by atoms with Crippen molar-refractivity contribution in [3.63, 3.8) is 0 Å². The third-order valence-electron chi connectivity index (χ3n) is 4.25. The van der Waals surface area contributed by atoms with Crippen molar-refractivity contribution in [1.29, 1.82) is 5.41 Å². The van der Waals surface area contributed by atoms with Crippen LogP contribution in [0.2, 0.25) is 5.02 Å². The summed E-state index contributed by atoms with van der Waals surface area (Å²) in [6, 6.07) is 13.2. The smallest absolute Gasteiger partial charge is 0.203 e. The van der Waals surface area contributed by atoms with Crippen LogP contribution in [0.15, 0.2) is 55.1 Å². The first-order valence-corrected chi connectivity index (χ1v) is 8.79. The Morgan fingerprint density at radius 2 is 1.92 bits per heavy atom. The van der Waals surface area contributed by atoms with Crippen LogP contribution in [0.4, 0.5) is 0 Å². The maximum Gasteiger partial charge on any atom is 0.203 e. The molecular formula is C20H22ClN3O2. The van der Waals surface area contributed by atoms with Crippen molar-refractivity contribution in [2.45, 2.75) is 26.1 Å². The van der Waals surface area contributed by atoms with Crippen molar-refractivity contribution in [3.8, 4) is 5.75 Å². The molecule has 0 amide bonds. The van der Waals surface area contributed by atoms with E-state index in [0.29, 0.717) is 22.9 Å². The van der Waals surface area contributed by atoms with Crippen molar-refractivity contribution in [2.24, 2.45) is 0 Å². The molecule has 1 heterocycles. The Labute approximate surface area is 157 Å². The lowest BCUT2D eigenvalue weighted by Crippen LogP contribution is -2.31. The molecule has 3 rings (SSSR count). The van der Waals surface area contributed by atoms with Gasteiger partial charge in [0.15, 0.2) is 0 Å². The molecule has 0 unspecified atom stereocenters. The van der Waals surface area contributed by atoms with E-state index in [1.807, 2.05) is 41.8 Å². The normalized spacial score (nSPS) is 12.3. The zero-order valence-electron chi connectivity index (χ0n) is 14.7. The Hall–Kier alpha value is -2.50. The van der Waals surface area contributed by atoms with E-state index in [9.17, 15) is 5.11 Å². The van der Waals surface area contributed by atoms with Gasteiger partial charge in [0.05, 0.1) is 17.6 Å². The first kappa shape index (κ1) is 18.3. The van der Waals surface area contributed by atoms with E-state index < -0.39 is 6.10 Å². The number of ether oxygens (including phenoxy) is 1. The summed E-state index contributed by atoms with van der Waals surface area (Å²) in [5, 5.41) is 19.5. The molecule has 0 saturated heterocycles. The van der Waals surface area contributed by atoms with E-state index in [-0.39, 0.29) is 13.2 Å². The molecule has 0 aliphatic heterocycles. The van der Waals surface area contributed by atoms with Crippen LogP contribution in [-0.4, -0.2) is 27.0 Å². The highest BCUT2D eigenvalue weighted by molar-refractivity contribution is 6.31. The molecule has 2 aromatic carbocycles. The van der Waals surface area contributed by atoms with Gasteiger partial charge in [-0.1, -0.05) is 29.8 Å². The van der Waals surface area contributed by atoms with Crippen LogP contribution in [0.25, 0.3) is 11.0 Å². The number of aromatic nitrogens is 2. The predicted octanol–water partition coefficient (Wildman–Crippen LogP) is 3.51. The van der Waals surface area contributed by atoms with Crippen LogP contribution in [0.3, 0.4) is 0 Å². The number of allylic oxidation sites excluding steroid dienone is 1. The second-order valence-corrected chi connectivity index (χ2v) is 6.61. The number of imidazole rings is 1. The van der Waals surface area contributed by atoms with Gasteiger partial charge in [0, 0.05) is 11.6 Å². The molecule has 1 atom stereocenters. The first-order chi connectivity index (χ1) is 12.5. The molecule has 2 N–H and O–H groups in total. The average molecular weight is 372 g/mol. The number of aliphatic hydroxyl groups is 1. The van der Waals surface area contributed by atoms with Crippen LogP contribution >= 0.6 is 11.6 Å². The Bertz CT molecular complexity index is 990. The van der Waals surface area contributed by atoms with E-state index in [0.717, 1.165) is 16.6 Å². The molecule has 0 aliphatic carbocycles. The van der Waals surface area contributed by atoms with Crippen LogP contribution in [0.5, 0.6) is 5.75 Å². The van der Waals surface area contributed by atoms with Gasteiger partial charge in [-0.05, 0) is 42.8 Å². The lowest BCUT2D eigenvalue weighted by Gasteiger charge is -2.14. The Morgan fingerprint density at radius 3 is 2.58 bits per heavy atom. The Kier molecular flexibility index (Phi) is 5.49. The number of aryl methyl sites for hydroxylation is 1. The molecule has 0 saturated carbocycles. The molecule has 0 bridgehead atoms. The molecule has 0 radical (unpaired) electrons. The van der Waals surface area contributed by atoms with Gasteiger partial charge >= 0.3 is 0 Å². The van der Waals surface area contributed by atoms with Gasteiger partial charge in [0.25, 0.3) is 0 Å². The summed E-state index contributed by atoms with van der Waals surface area (Å²) in [4.78, 5) is 0. The maximum absolute atomic E-state index is 10.4. The molecule has 136 valence electrons. The number of benzene rings is 2. The molecule has 5 nitrogen and oxygen atoms in total. The minimum absolute atomic E-state index is 0.133. The molecule has 1 aromatic heterocycles. The van der Waals surface area contributed by atoms with Crippen LogP contribution < -0.4 is 10.4 Å². The average Bonchev–Trinajstić information content (AvgIpc) is 2.89. The number of para-hydroxylation sites is 2. The van der Waals surface area contributed by atoms with Crippen molar-refractivity contribution >= 4 is 22.6 Å². The van der Waals surface area contributed by atoms with E-state index in [4.69, 9.17) is 21.7 Å². The number of nitrogens with one attached hydrogen (secondary N) is 1. The summed E-state index contributed by atoms with van der Waals surface area (Å²) in [5.41, 5.74) is 3.10. The molecule has 0 spiro atoms. The summed E-state index contributed by atoms with van der Waals surface area (Å²) >= 11 is 6.01. The van der Waals surface area contributed by atoms with Crippen molar-refractivity contribution < 1.29 is 9.84 Å². The third-order valence-corrected chi connectivity index (χ3v) is 4.68. The first-order valence-electron chi connectivity index (χ1n) is 8.42. The summed E-state index contributed by atoms with van der Waals surface area (Å²) in [6.07, 6.45) is 1.01. The summed E-state index contributed by atoms with van der Waals surface area (Å²) in [6.45, 7) is 6.62. The highest BCUT2D eigenvalue weighted by Gasteiger charge is 2.14. The lowest BCUT2D eigenvalue weighted by molar-refractivity contribution is 0.0921. The summed E-state index contributed by atoms with van der Waals surface area (Å²) in [5.74, 6) is 0.663. The fourth-order valence-corrected chi connectivity index (χ4v) is 3.07. The maximum atomic E-state index is 10.4. The molecule has 26 heavy (non-hydrogen) atoms. The van der Waals surface area contributed by atoms with E-state index >= 15 is 0 Å². The van der Waals surface area contributed by atoms with Gasteiger partial charge in [-0.25, -0.2) is 0 Å². The molecule has 0 aliphatic rings. The lowest BCUT2D eigenvalue weighted by atomic mass is 10.2. The topological polar surface area (TPSA) is 63.2 Å². The summed E-state index contributed by atoms with van der Waals surface area (Å²) in [7, 11) is 0. The standard InChI is InChI=1S/C20H22ClN3O2/c1-3-10-23-18-6-4-5-7-19(18)24(20(23)22)12-15(25)13-26-16-8-9-17(21)14(2)11-16/h3-9,11,15,22,25H,1,10,12-13H2,2H3/t15-/m0/s1. The monoisotopic (exact) mass is 371 g/mol. The molecule has 6 heteroatoms. The number of fused-ring (bicyclic) bond motifs is 1. The van der Waals surface area contributed by atoms with E-state index in [2.05, 4.69) is 6.58 Å². The number of hydrogen-bond donors (Lipinski definition) is 2. The van der Waals surface area contributed by atoms with Gasteiger partial charge in [-0.2, -0.15) is 0 Å². The van der Waals surface area contributed by atoms with Gasteiger partial charge in [0.1, 0.15) is 18.5 Å². The van der Waals surface area contributed by atoms with Crippen LogP contribution in [0.1, 0.15) is 5.56 Å².